The van der Waals surface area contributed by atoms with Gasteiger partial charge in [-0.25, -0.2) is 5.10 Å². The van der Waals surface area contributed by atoms with Crippen LogP contribution in [0.25, 0.3) is 0 Å². The van der Waals surface area contributed by atoms with Gasteiger partial charge in [0.25, 0.3) is 5.56 Å². The summed E-state index contributed by atoms with van der Waals surface area (Å²) in [5.41, 5.74) is -0.423. The van der Waals surface area contributed by atoms with E-state index in [1.54, 1.807) is 0 Å². The molecule has 0 spiro atoms. The van der Waals surface area contributed by atoms with Gasteiger partial charge >= 0.3 is 0 Å². The van der Waals surface area contributed by atoms with Gasteiger partial charge in [-0.3, -0.25) is 4.79 Å². The number of hydrogen-bond acceptors (Lipinski definition) is 3. The van der Waals surface area contributed by atoms with Crippen molar-refractivity contribution in [2.75, 3.05) is 6.61 Å². The minimum Gasteiger partial charge on any atom is -0.490 e. The first-order chi connectivity index (χ1) is 6.65. The highest BCUT2D eigenvalue weighted by molar-refractivity contribution is 6.31. The highest BCUT2D eigenvalue weighted by atomic mass is 35.5. The molecular weight excluding hydrogens is 204 g/mol. The summed E-state index contributed by atoms with van der Waals surface area (Å²) in [4.78, 5) is 11.0. The largest absolute Gasteiger partial charge is 0.490 e. The fraction of sp³-hybridized carbons (Fsp3) is 0.556. The Bertz CT molecular complexity index is 351. The van der Waals surface area contributed by atoms with Crippen molar-refractivity contribution in [3.8, 4) is 5.75 Å². The van der Waals surface area contributed by atoms with Gasteiger partial charge in [0.2, 0.25) is 0 Å². The van der Waals surface area contributed by atoms with Crippen LogP contribution in [0.1, 0.15) is 20.3 Å². The molecule has 1 N–H and O–H groups in total. The second-order valence-electron chi connectivity index (χ2n) is 3.20. The van der Waals surface area contributed by atoms with Gasteiger partial charge in [-0.15, -0.1) is 0 Å². The predicted octanol–water partition coefficient (Wildman–Crippen LogP) is 1.85. The zero-order valence-corrected chi connectivity index (χ0v) is 8.97. The van der Waals surface area contributed by atoms with E-state index in [1.165, 1.54) is 6.20 Å². The van der Waals surface area contributed by atoms with Crippen LogP contribution in [0.2, 0.25) is 5.02 Å². The van der Waals surface area contributed by atoms with Gasteiger partial charge in [0, 0.05) is 0 Å². The number of H-pyrrole nitrogens is 1. The fourth-order valence-electron chi connectivity index (χ4n) is 0.818. The quantitative estimate of drug-likeness (QED) is 0.836. The summed E-state index contributed by atoms with van der Waals surface area (Å²) in [6.07, 6.45) is 2.43. The van der Waals surface area contributed by atoms with Crippen LogP contribution in [0.3, 0.4) is 0 Å². The van der Waals surface area contributed by atoms with Crippen LogP contribution in [0.15, 0.2) is 11.0 Å². The number of halogens is 1. The third-order valence-electron chi connectivity index (χ3n) is 1.98. The van der Waals surface area contributed by atoms with Gasteiger partial charge in [-0.2, -0.15) is 5.10 Å². The van der Waals surface area contributed by atoms with Crippen molar-refractivity contribution in [2.24, 2.45) is 5.92 Å². The monoisotopic (exact) mass is 216 g/mol. The molecule has 0 amide bonds. The van der Waals surface area contributed by atoms with Gasteiger partial charge in [0.15, 0.2) is 10.8 Å². The normalized spacial score (nSPS) is 12.5. The number of nitrogens with one attached hydrogen (secondary N) is 1. The number of aromatic amines is 1. The molecule has 1 aromatic heterocycles. The van der Waals surface area contributed by atoms with Crippen molar-refractivity contribution in [2.45, 2.75) is 20.3 Å². The molecule has 0 aliphatic rings. The van der Waals surface area contributed by atoms with Crippen LogP contribution in [-0.4, -0.2) is 16.8 Å². The second-order valence-corrected chi connectivity index (χ2v) is 3.58. The Labute approximate surface area is 87.2 Å². The van der Waals surface area contributed by atoms with E-state index in [-0.39, 0.29) is 5.02 Å². The molecule has 14 heavy (non-hydrogen) atoms. The predicted molar refractivity (Wildman–Crippen MR) is 54.8 cm³/mol. The molecule has 0 unspecified atom stereocenters. The highest BCUT2D eigenvalue weighted by Crippen LogP contribution is 2.18. The molecule has 4 nitrogen and oxygen atoms in total. The first kappa shape index (κ1) is 11.0. The van der Waals surface area contributed by atoms with E-state index in [0.29, 0.717) is 18.3 Å². The number of hydrogen-bond donors (Lipinski definition) is 1. The van der Waals surface area contributed by atoms with E-state index < -0.39 is 5.56 Å². The lowest BCUT2D eigenvalue weighted by Gasteiger charge is -2.10. The third kappa shape index (κ3) is 2.73. The second kappa shape index (κ2) is 5.00. The van der Waals surface area contributed by atoms with Crippen LogP contribution < -0.4 is 10.3 Å². The van der Waals surface area contributed by atoms with E-state index in [0.717, 1.165) is 6.42 Å². The summed E-state index contributed by atoms with van der Waals surface area (Å²) in [6, 6.07) is 0. The summed E-state index contributed by atoms with van der Waals surface area (Å²) in [5, 5.41) is 5.88. The minimum atomic E-state index is -0.423. The topological polar surface area (TPSA) is 55.0 Å². The Kier molecular flexibility index (Phi) is 3.95. The van der Waals surface area contributed by atoms with E-state index in [9.17, 15) is 4.79 Å². The van der Waals surface area contributed by atoms with Crippen LogP contribution in [0.4, 0.5) is 0 Å². The van der Waals surface area contributed by atoms with Crippen LogP contribution >= 0.6 is 11.6 Å². The van der Waals surface area contributed by atoms with Gasteiger partial charge in [0.1, 0.15) is 0 Å². The van der Waals surface area contributed by atoms with Gasteiger partial charge in [0.05, 0.1) is 12.8 Å². The molecule has 1 atom stereocenters. The molecule has 0 radical (unpaired) electrons. The van der Waals surface area contributed by atoms with Crippen LogP contribution in [0, 0.1) is 5.92 Å². The fourth-order valence-corrected chi connectivity index (χ4v) is 0.963. The first-order valence-corrected chi connectivity index (χ1v) is 4.89. The molecule has 0 aliphatic carbocycles. The molecule has 78 valence electrons. The zero-order valence-electron chi connectivity index (χ0n) is 8.21. The number of aromatic nitrogens is 2. The molecule has 1 rings (SSSR count). The highest BCUT2D eigenvalue weighted by Gasteiger charge is 2.07. The van der Waals surface area contributed by atoms with E-state index in [1.807, 2.05) is 0 Å². The van der Waals surface area contributed by atoms with Crippen LogP contribution in [-0.2, 0) is 0 Å². The van der Waals surface area contributed by atoms with E-state index >= 15 is 0 Å². The maximum absolute atomic E-state index is 11.0. The lowest BCUT2D eigenvalue weighted by atomic mass is 10.1. The van der Waals surface area contributed by atoms with Crippen molar-refractivity contribution in [3.05, 3.63) is 21.6 Å². The van der Waals surface area contributed by atoms with Gasteiger partial charge in [-0.05, 0) is 5.92 Å². The van der Waals surface area contributed by atoms with Crippen molar-refractivity contribution in [3.63, 3.8) is 0 Å². The summed E-state index contributed by atoms with van der Waals surface area (Å²) >= 11 is 5.71. The number of rotatable bonds is 4. The Morgan fingerprint density at radius 2 is 2.43 bits per heavy atom. The molecule has 1 heterocycles. The molecule has 5 heteroatoms. The van der Waals surface area contributed by atoms with Crippen molar-refractivity contribution in [1.82, 2.24) is 10.2 Å². The molecule has 0 bridgehead atoms. The first-order valence-electron chi connectivity index (χ1n) is 4.51. The standard InChI is InChI=1S/C9H13ClN2O2/c1-3-6(2)5-14-7-4-11-12-9(13)8(7)10/h4,6H,3,5H2,1-2H3,(H,12,13)/t6-/m0/s1. The molecule has 0 saturated carbocycles. The maximum atomic E-state index is 11.0. The number of nitrogens with zero attached hydrogens (tertiary/aromatic N) is 1. The lowest BCUT2D eigenvalue weighted by molar-refractivity contribution is 0.255. The number of ether oxygens (including phenoxy) is 1. The molecule has 0 aliphatic heterocycles. The Hall–Kier alpha value is -1.03. The lowest BCUT2D eigenvalue weighted by Crippen LogP contribution is -2.13. The maximum Gasteiger partial charge on any atom is 0.286 e. The Morgan fingerprint density at radius 1 is 1.71 bits per heavy atom. The summed E-state index contributed by atoms with van der Waals surface area (Å²) < 4.78 is 5.36. The molecule has 0 saturated heterocycles. The third-order valence-corrected chi connectivity index (χ3v) is 2.34. The van der Waals surface area contributed by atoms with Crippen molar-refractivity contribution < 1.29 is 4.74 Å². The molecule has 0 aromatic carbocycles. The van der Waals surface area contributed by atoms with E-state index in [2.05, 4.69) is 24.0 Å². The molecule has 1 aromatic rings. The summed E-state index contributed by atoms with van der Waals surface area (Å²) in [6.45, 7) is 4.68. The zero-order chi connectivity index (χ0) is 10.6. The Morgan fingerprint density at radius 3 is 3.07 bits per heavy atom. The van der Waals surface area contributed by atoms with E-state index in [4.69, 9.17) is 16.3 Å². The summed E-state index contributed by atoms with van der Waals surface area (Å²) in [7, 11) is 0. The van der Waals surface area contributed by atoms with Crippen LogP contribution in [0.5, 0.6) is 5.75 Å². The summed E-state index contributed by atoms with van der Waals surface area (Å²) in [5.74, 6) is 0.779. The average molecular weight is 217 g/mol. The Balaban J connectivity index is 2.68. The van der Waals surface area contributed by atoms with Crippen molar-refractivity contribution in [1.29, 1.82) is 0 Å². The molecular formula is C9H13ClN2O2. The smallest absolute Gasteiger partial charge is 0.286 e. The van der Waals surface area contributed by atoms with Crippen molar-refractivity contribution >= 4 is 11.6 Å². The van der Waals surface area contributed by atoms with Gasteiger partial charge in [-0.1, -0.05) is 31.9 Å². The molecule has 0 fully saturated rings. The minimum absolute atomic E-state index is 0.0586. The average Bonchev–Trinajstić information content (AvgIpc) is 2.20. The SMILES string of the molecule is CC[C@H](C)COc1cn[nH]c(=O)c1Cl. The van der Waals surface area contributed by atoms with Gasteiger partial charge < -0.3 is 4.74 Å².